The molecule has 0 fully saturated rings. The lowest BCUT2D eigenvalue weighted by molar-refractivity contribution is -0.00585. The SMILES string of the molecule is CC(C)(C)OC(=O)Nc1ccc(C(O)C(F)F)cc1O. The van der Waals surface area contributed by atoms with Crippen molar-refractivity contribution in [3.8, 4) is 5.75 Å². The Morgan fingerprint density at radius 3 is 2.40 bits per heavy atom. The average Bonchev–Trinajstić information content (AvgIpc) is 2.28. The Bertz CT molecular complexity index is 486. The maximum atomic E-state index is 12.3. The number of hydrogen-bond acceptors (Lipinski definition) is 4. The largest absolute Gasteiger partial charge is 0.506 e. The quantitative estimate of drug-likeness (QED) is 0.747. The van der Waals surface area contributed by atoms with E-state index in [1.807, 2.05) is 0 Å². The Morgan fingerprint density at radius 2 is 1.95 bits per heavy atom. The second-order valence-corrected chi connectivity index (χ2v) is 5.18. The minimum atomic E-state index is -2.96. The number of benzene rings is 1. The molecule has 0 aliphatic heterocycles. The third-order valence-electron chi connectivity index (χ3n) is 2.24. The van der Waals surface area contributed by atoms with Gasteiger partial charge in [-0.2, -0.15) is 0 Å². The van der Waals surface area contributed by atoms with Crippen molar-refractivity contribution in [3.05, 3.63) is 23.8 Å². The van der Waals surface area contributed by atoms with Gasteiger partial charge in [0.25, 0.3) is 6.43 Å². The number of halogens is 2. The van der Waals surface area contributed by atoms with Crippen LogP contribution in [-0.4, -0.2) is 28.3 Å². The number of aliphatic hydroxyl groups excluding tert-OH is 1. The van der Waals surface area contributed by atoms with E-state index in [-0.39, 0.29) is 11.3 Å². The standard InChI is InChI=1S/C13H17F2NO4/c1-13(2,3)20-12(19)16-8-5-4-7(6-9(8)17)10(18)11(14)15/h4-6,10-11,17-18H,1-3H3,(H,16,19). The minimum Gasteiger partial charge on any atom is -0.506 e. The van der Waals surface area contributed by atoms with Crippen LogP contribution in [-0.2, 0) is 4.74 Å². The minimum absolute atomic E-state index is 0.00414. The molecular weight excluding hydrogens is 272 g/mol. The van der Waals surface area contributed by atoms with E-state index in [1.165, 1.54) is 12.1 Å². The summed E-state index contributed by atoms with van der Waals surface area (Å²) in [7, 11) is 0. The van der Waals surface area contributed by atoms with Crippen LogP contribution in [0, 0.1) is 0 Å². The normalized spacial score (nSPS) is 13.2. The van der Waals surface area contributed by atoms with E-state index in [1.54, 1.807) is 20.8 Å². The topological polar surface area (TPSA) is 78.8 Å². The molecule has 0 aromatic heterocycles. The molecule has 1 amide bonds. The highest BCUT2D eigenvalue weighted by Crippen LogP contribution is 2.29. The Kier molecular flexibility index (Phi) is 4.88. The third kappa shape index (κ3) is 4.65. The van der Waals surface area contributed by atoms with E-state index in [0.717, 1.165) is 6.07 Å². The lowest BCUT2D eigenvalue weighted by atomic mass is 10.1. The Hall–Kier alpha value is -1.89. The van der Waals surface area contributed by atoms with E-state index in [2.05, 4.69) is 5.32 Å². The first-order valence-electron chi connectivity index (χ1n) is 5.89. The zero-order valence-corrected chi connectivity index (χ0v) is 11.4. The Labute approximate surface area is 115 Å². The van der Waals surface area contributed by atoms with Gasteiger partial charge < -0.3 is 14.9 Å². The van der Waals surface area contributed by atoms with Crippen LogP contribution in [0.5, 0.6) is 5.75 Å². The van der Waals surface area contributed by atoms with Crippen LogP contribution >= 0.6 is 0 Å². The first-order valence-corrected chi connectivity index (χ1v) is 5.89. The van der Waals surface area contributed by atoms with E-state index in [0.29, 0.717) is 0 Å². The van der Waals surface area contributed by atoms with Crippen molar-refractivity contribution in [2.45, 2.75) is 38.9 Å². The fourth-order valence-corrected chi connectivity index (χ4v) is 1.40. The number of rotatable bonds is 3. The highest BCUT2D eigenvalue weighted by molar-refractivity contribution is 5.86. The fourth-order valence-electron chi connectivity index (χ4n) is 1.40. The third-order valence-corrected chi connectivity index (χ3v) is 2.24. The van der Waals surface area contributed by atoms with Gasteiger partial charge in [0.1, 0.15) is 17.5 Å². The Balaban J connectivity index is 2.81. The molecule has 0 saturated carbocycles. The van der Waals surface area contributed by atoms with Crippen LogP contribution in [0.2, 0.25) is 0 Å². The van der Waals surface area contributed by atoms with Gasteiger partial charge in [-0.25, -0.2) is 13.6 Å². The summed E-state index contributed by atoms with van der Waals surface area (Å²) in [4.78, 5) is 11.5. The number of phenols is 1. The molecule has 112 valence electrons. The van der Waals surface area contributed by atoms with Crippen LogP contribution in [0.15, 0.2) is 18.2 Å². The van der Waals surface area contributed by atoms with Crippen LogP contribution in [0.3, 0.4) is 0 Å². The van der Waals surface area contributed by atoms with E-state index >= 15 is 0 Å². The number of anilines is 1. The summed E-state index contributed by atoms with van der Waals surface area (Å²) in [6.45, 7) is 5.03. The van der Waals surface area contributed by atoms with Crippen LogP contribution in [0.4, 0.5) is 19.3 Å². The molecular formula is C13H17F2NO4. The molecule has 3 N–H and O–H groups in total. The molecule has 1 aromatic rings. The van der Waals surface area contributed by atoms with Crippen LogP contribution in [0.1, 0.15) is 32.4 Å². The molecule has 1 atom stereocenters. The molecule has 0 bridgehead atoms. The van der Waals surface area contributed by atoms with Gasteiger partial charge in [-0.1, -0.05) is 6.07 Å². The highest BCUT2D eigenvalue weighted by atomic mass is 19.3. The number of aromatic hydroxyl groups is 1. The van der Waals surface area contributed by atoms with E-state index < -0.39 is 30.0 Å². The monoisotopic (exact) mass is 289 g/mol. The van der Waals surface area contributed by atoms with Crippen LogP contribution < -0.4 is 5.32 Å². The maximum absolute atomic E-state index is 12.3. The van der Waals surface area contributed by atoms with Gasteiger partial charge in [0.05, 0.1) is 5.69 Å². The number of aliphatic hydroxyl groups is 1. The summed E-state index contributed by atoms with van der Waals surface area (Å²) in [6.07, 6.45) is -5.73. The summed E-state index contributed by atoms with van der Waals surface area (Å²) in [6, 6.07) is 3.35. The van der Waals surface area contributed by atoms with Crippen molar-refractivity contribution >= 4 is 11.8 Å². The van der Waals surface area contributed by atoms with Crippen LogP contribution in [0.25, 0.3) is 0 Å². The maximum Gasteiger partial charge on any atom is 0.412 e. The van der Waals surface area contributed by atoms with Gasteiger partial charge in [-0.15, -0.1) is 0 Å². The lowest BCUT2D eigenvalue weighted by Crippen LogP contribution is -2.27. The smallest absolute Gasteiger partial charge is 0.412 e. The first kappa shape index (κ1) is 16.2. The summed E-state index contributed by atoms with van der Waals surface area (Å²) < 4.78 is 29.6. The second kappa shape index (κ2) is 6.04. The molecule has 0 radical (unpaired) electrons. The molecule has 0 aliphatic carbocycles. The average molecular weight is 289 g/mol. The molecule has 0 spiro atoms. The highest BCUT2D eigenvalue weighted by Gasteiger charge is 2.21. The van der Waals surface area contributed by atoms with Crippen molar-refractivity contribution in [2.75, 3.05) is 5.32 Å². The molecule has 0 aliphatic rings. The summed E-state index contributed by atoms with van der Waals surface area (Å²) in [5, 5.41) is 21.1. The van der Waals surface area contributed by atoms with E-state index in [9.17, 15) is 23.8 Å². The predicted octanol–water partition coefficient (Wildman–Crippen LogP) is 3.04. The second-order valence-electron chi connectivity index (χ2n) is 5.18. The number of alkyl halides is 2. The number of nitrogens with one attached hydrogen (secondary N) is 1. The van der Waals surface area contributed by atoms with Gasteiger partial charge in [0, 0.05) is 0 Å². The van der Waals surface area contributed by atoms with Gasteiger partial charge in [0.2, 0.25) is 0 Å². The van der Waals surface area contributed by atoms with Crippen molar-refractivity contribution in [1.82, 2.24) is 0 Å². The number of carbonyl (C=O) groups is 1. The molecule has 7 heteroatoms. The van der Waals surface area contributed by atoms with Gasteiger partial charge in [-0.05, 0) is 38.5 Å². The molecule has 0 heterocycles. The lowest BCUT2D eigenvalue weighted by Gasteiger charge is -2.20. The van der Waals surface area contributed by atoms with Crippen molar-refractivity contribution < 1.29 is 28.5 Å². The van der Waals surface area contributed by atoms with Crippen molar-refractivity contribution in [3.63, 3.8) is 0 Å². The van der Waals surface area contributed by atoms with Gasteiger partial charge in [0.15, 0.2) is 0 Å². The summed E-state index contributed by atoms with van der Waals surface area (Å²) >= 11 is 0. The number of ether oxygens (including phenoxy) is 1. The first-order chi connectivity index (χ1) is 9.10. The molecule has 1 rings (SSSR count). The van der Waals surface area contributed by atoms with E-state index in [4.69, 9.17) is 4.74 Å². The molecule has 0 saturated heterocycles. The predicted molar refractivity (Wildman–Crippen MR) is 68.9 cm³/mol. The van der Waals surface area contributed by atoms with Crippen molar-refractivity contribution in [1.29, 1.82) is 0 Å². The number of amides is 1. The molecule has 1 unspecified atom stereocenters. The number of hydrogen-bond donors (Lipinski definition) is 3. The number of carbonyl (C=O) groups excluding carboxylic acids is 1. The van der Waals surface area contributed by atoms with Crippen molar-refractivity contribution in [2.24, 2.45) is 0 Å². The molecule has 5 nitrogen and oxygen atoms in total. The number of phenolic OH excluding ortho intramolecular Hbond substituents is 1. The zero-order valence-electron chi connectivity index (χ0n) is 11.4. The van der Waals surface area contributed by atoms with Gasteiger partial charge >= 0.3 is 6.09 Å². The summed E-state index contributed by atoms with van der Waals surface area (Å²) in [5.41, 5.74) is -0.845. The molecule has 20 heavy (non-hydrogen) atoms. The van der Waals surface area contributed by atoms with Gasteiger partial charge in [-0.3, -0.25) is 5.32 Å². The molecule has 1 aromatic carbocycles. The Morgan fingerprint density at radius 1 is 1.35 bits per heavy atom. The zero-order chi connectivity index (χ0) is 15.5. The fraction of sp³-hybridized carbons (Fsp3) is 0.462. The summed E-state index contributed by atoms with van der Waals surface area (Å²) in [5.74, 6) is -0.437.